The molecule has 1 fully saturated rings. The maximum Gasteiger partial charge on any atom is 0.237 e. The van der Waals surface area contributed by atoms with Gasteiger partial charge < -0.3 is 15.0 Å². The van der Waals surface area contributed by atoms with Gasteiger partial charge in [-0.15, -0.1) is 0 Å². The summed E-state index contributed by atoms with van der Waals surface area (Å²) in [5.74, 6) is 1.92. The Labute approximate surface area is 161 Å². The van der Waals surface area contributed by atoms with Crippen LogP contribution in [0, 0.1) is 6.92 Å². The number of benzene rings is 1. The molecule has 0 radical (unpaired) electrons. The van der Waals surface area contributed by atoms with Gasteiger partial charge in [0.2, 0.25) is 5.91 Å². The van der Waals surface area contributed by atoms with E-state index < -0.39 is 0 Å². The molecule has 2 heterocycles. The van der Waals surface area contributed by atoms with E-state index in [1.165, 1.54) is 5.56 Å². The van der Waals surface area contributed by atoms with Crippen molar-refractivity contribution in [3.8, 4) is 5.75 Å². The van der Waals surface area contributed by atoms with Crippen molar-refractivity contribution in [1.29, 1.82) is 0 Å². The highest BCUT2D eigenvalue weighted by atomic mass is 16.5. The smallest absolute Gasteiger partial charge is 0.237 e. The summed E-state index contributed by atoms with van der Waals surface area (Å²) in [6, 6.07) is 8.24. The molecule has 1 atom stereocenters. The number of carbonyl (C=O) groups is 1. The van der Waals surface area contributed by atoms with E-state index in [0.717, 1.165) is 48.6 Å². The van der Waals surface area contributed by atoms with Gasteiger partial charge in [0.1, 0.15) is 11.6 Å². The number of hydrogen-bond donors (Lipinski definition) is 1. The van der Waals surface area contributed by atoms with Crippen molar-refractivity contribution in [3.63, 3.8) is 0 Å². The van der Waals surface area contributed by atoms with Crippen molar-refractivity contribution in [3.05, 3.63) is 29.8 Å². The molecule has 1 unspecified atom stereocenters. The highest BCUT2D eigenvalue weighted by molar-refractivity contribution is 5.85. The third-order valence-corrected chi connectivity index (χ3v) is 5.21. The summed E-state index contributed by atoms with van der Waals surface area (Å²) in [7, 11) is 1.67. The Morgan fingerprint density at radius 1 is 1.15 bits per heavy atom. The molecule has 1 amide bonds. The van der Waals surface area contributed by atoms with Gasteiger partial charge in [0, 0.05) is 43.7 Å². The highest BCUT2D eigenvalue weighted by Gasteiger charge is 2.26. The first-order chi connectivity index (χ1) is 12.9. The number of ether oxygens (including phenoxy) is 1. The number of carbonyl (C=O) groups excluding carboxylic acids is 1. The lowest BCUT2D eigenvalue weighted by Crippen LogP contribution is -2.54. The second kappa shape index (κ2) is 8.13. The van der Waals surface area contributed by atoms with Crippen LogP contribution in [0.1, 0.15) is 26.3 Å². The average Bonchev–Trinajstić information content (AvgIpc) is 2.66. The first kappa shape index (κ1) is 19.4. The molecule has 1 aromatic carbocycles. The van der Waals surface area contributed by atoms with E-state index >= 15 is 0 Å². The van der Waals surface area contributed by atoms with Crippen LogP contribution in [-0.2, 0) is 4.79 Å². The van der Waals surface area contributed by atoms with E-state index in [1.807, 2.05) is 32.9 Å². The zero-order valence-electron chi connectivity index (χ0n) is 17.0. The number of methoxy groups -OCH3 is 1. The van der Waals surface area contributed by atoms with E-state index in [2.05, 4.69) is 34.2 Å². The fraction of sp³-hybridized carbons (Fsp3) is 0.524. The van der Waals surface area contributed by atoms with Gasteiger partial charge >= 0.3 is 0 Å². The first-order valence-electron chi connectivity index (χ1n) is 9.64. The molecule has 1 aliphatic heterocycles. The van der Waals surface area contributed by atoms with Gasteiger partial charge in [0.25, 0.3) is 0 Å². The normalized spacial score (nSPS) is 16.6. The Bertz CT molecular complexity index is 813. The van der Waals surface area contributed by atoms with E-state index in [1.54, 1.807) is 7.11 Å². The number of nitrogens with zero attached hydrogens (tertiary/aromatic N) is 3. The lowest BCUT2D eigenvalue weighted by Gasteiger charge is -2.38. The standard InChI is InChI=1S/C21H30N4O2/c1-14(2)22-21(26)16(4)24-8-10-25(11-9-24)20-12-15(3)18-7-6-17(27-5)13-19(18)23-20/h6-7,12-14,16H,8-11H2,1-5H3,(H,22,26). The minimum atomic E-state index is -0.106. The van der Waals surface area contributed by atoms with Gasteiger partial charge in [0.15, 0.2) is 0 Å². The lowest BCUT2D eigenvalue weighted by molar-refractivity contribution is -0.126. The number of nitrogens with one attached hydrogen (secondary N) is 1. The predicted molar refractivity (Wildman–Crippen MR) is 110 cm³/mol. The zero-order chi connectivity index (χ0) is 19.6. The summed E-state index contributed by atoms with van der Waals surface area (Å²) in [5, 5.41) is 4.15. The fourth-order valence-electron chi connectivity index (χ4n) is 3.56. The van der Waals surface area contributed by atoms with Crippen LogP contribution < -0.4 is 15.0 Å². The molecule has 1 aliphatic rings. The van der Waals surface area contributed by atoms with Gasteiger partial charge in [-0.1, -0.05) is 0 Å². The summed E-state index contributed by atoms with van der Waals surface area (Å²) >= 11 is 0. The minimum Gasteiger partial charge on any atom is -0.497 e. The van der Waals surface area contributed by atoms with Crippen LogP contribution in [0.3, 0.4) is 0 Å². The summed E-state index contributed by atoms with van der Waals surface area (Å²) in [6.45, 7) is 11.5. The molecule has 0 saturated carbocycles. The molecule has 146 valence electrons. The van der Waals surface area contributed by atoms with Crippen molar-refractivity contribution in [2.75, 3.05) is 38.2 Å². The van der Waals surface area contributed by atoms with Crippen molar-refractivity contribution >= 4 is 22.6 Å². The molecule has 27 heavy (non-hydrogen) atoms. The summed E-state index contributed by atoms with van der Waals surface area (Å²) in [6.07, 6.45) is 0. The third kappa shape index (κ3) is 4.33. The Hall–Kier alpha value is -2.34. The van der Waals surface area contributed by atoms with Gasteiger partial charge in [-0.05, 0) is 51.5 Å². The highest BCUT2D eigenvalue weighted by Crippen LogP contribution is 2.26. The number of rotatable bonds is 5. The molecule has 2 aromatic rings. The molecule has 3 rings (SSSR count). The summed E-state index contributed by atoms with van der Waals surface area (Å²) < 4.78 is 5.34. The molecule has 6 heteroatoms. The maximum atomic E-state index is 12.3. The van der Waals surface area contributed by atoms with Crippen LogP contribution in [-0.4, -0.2) is 61.2 Å². The van der Waals surface area contributed by atoms with Crippen LogP contribution in [0.5, 0.6) is 5.75 Å². The Morgan fingerprint density at radius 3 is 2.48 bits per heavy atom. The summed E-state index contributed by atoms with van der Waals surface area (Å²) in [4.78, 5) is 21.7. The number of pyridine rings is 1. The summed E-state index contributed by atoms with van der Waals surface area (Å²) in [5.41, 5.74) is 2.17. The molecule has 6 nitrogen and oxygen atoms in total. The maximum absolute atomic E-state index is 12.3. The number of piperazine rings is 1. The van der Waals surface area contributed by atoms with Crippen molar-refractivity contribution < 1.29 is 9.53 Å². The molecular formula is C21H30N4O2. The van der Waals surface area contributed by atoms with Crippen LogP contribution in [0.4, 0.5) is 5.82 Å². The lowest BCUT2D eigenvalue weighted by atomic mass is 10.1. The number of aryl methyl sites for hydroxylation is 1. The number of anilines is 1. The van der Waals surface area contributed by atoms with Crippen molar-refractivity contribution in [1.82, 2.24) is 15.2 Å². The van der Waals surface area contributed by atoms with E-state index in [0.29, 0.717) is 0 Å². The van der Waals surface area contributed by atoms with Gasteiger partial charge in [-0.2, -0.15) is 0 Å². The number of amides is 1. The van der Waals surface area contributed by atoms with Crippen LogP contribution in [0.2, 0.25) is 0 Å². The van der Waals surface area contributed by atoms with Crippen LogP contribution >= 0.6 is 0 Å². The SMILES string of the molecule is COc1ccc2c(C)cc(N3CCN(C(C)C(=O)NC(C)C)CC3)nc2c1. The molecule has 0 aliphatic carbocycles. The molecule has 0 bridgehead atoms. The molecular weight excluding hydrogens is 340 g/mol. The quantitative estimate of drug-likeness (QED) is 0.877. The van der Waals surface area contributed by atoms with E-state index in [4.69, 9.17) is 9.72 Å². The fourth-order valence-corrected chi connectivity index (χ4v) is 3.56. The average molecular weight is 370 g/mol. The minimum absolute atomic E-state index is 0.102. The van der Waals surface area contributed by atoms with Gasteiger partial charge in [-0.25, -0.2) is 4.98 Å². The van der Waals surface area contributed by atoms with Gasteiger partial charge in [-0.3, -0.25) is 9.69 Å². The third-order valence-electron chi connectivity index (χ3n) is 5.21. The zero-order valence-corrected chi connectivity index (χ0v) is 17.0. The van der Waals surface area contributed by atoms with Crippen LogP contribution in [0.25, 0.3) is 10.9 Å². The number of aromatic nitrogens is 1. The first-order valence-corrected chi connectivity index (χ1v) is 9.64. The number of hydrogen-bond acceptors (Lipinski definition) is 5. The van der Waals surface area contributed by atoms with Crippen molar-refractivity contribution in [2.24, 2.45) is 0 Å². The Kier molecular flexibility index (Phi) is 5.85. The van der Waals surface area contributed by atoms with E-state index in [-0.39, 0.29) is 18.0 Å². The second-order valence-electron chi connectivity index (χ2n) is 7.54. The number of fused-ring (bicyclic) bond motifs is 1. The van der Waals surface area contributed by atoms with Crippen LogP contribution in [0.15, 0.2) is 24.3 Å². The molecule has 1 saturated heterocycles. The largest absolute Gasteiger partial charge is 0.497 e. The molecule has 1 aromatic heterocycles. The Balaban J connectivity index is 1.71. The molecule has 1 N–H and O–H groups in total. The topological polar surface area (TPSA) is 57.7 Å². The van der Waals surface area contributed by atoms with Crippen molar-refractivity contribution in [2.45, 2.75) is 39.8 Å². The Morgan fingerprint density at radius 2 is 1.85 bits per heavy atom. The van der Waals surface area contributed by atoms with Gasteiger partial charge in [0.05, 0.1) is 18.7 Å². The second-order valence-corrected chi connectivity index (χ2v) is 7.54. The predicted octanol–water partition coefficient (Wildman–Crippen LogP) is 2.59. The molecule has 0 spiro atoms. The van der Waals surface area contributed by atoms with E-state index in [9.17, 15) is 4.79 Å². The monoisotopic (exact) mass is 370 g/mol.